The van der Waals surface area contributed by atoms with Crippen molar-refractivity contribution >= 4 is 117 Å². The summed E-state index contributed by atoms with van der Waals surface area (Å²) in [5, 5.41) is 27.2. The molecular formula is C58H69N15O19S. The minimum atomic E-state index is -1.74. The Kier molecular flexibility index (Phi) is 23.0. The Balaban J connectivity index is 0.00000400. The van der Waals surface area contributed by atoms with Crippen LogP contribution in [-0.2, 0) is 73.6 Å². The fourth-order valence-electron chi connectivity index (χ4n) is 12.0. The van der Waals surface area contributed by atoms with Crippen molar-refractivity contribution in [2.24, 2.45) is 39.9 Å². The van der Waals surface area contributed by atoms with Gasteiger partial charge in [-0.3, -0.25) is 72.4 Å². The number of ether oxygens (including phenoxy) is 2. The number of carbonyl (C=O) groups excluding carboxylic acids is 12. The number of allylic oxidation sites excluding steroid dienone is 2. The molecule has 4 aliphatic heterocycles. The number of aromatic amines is 1. The average molecular weight is 1310 g/mol. The topological polar surface area (TPSA) is 531 Å². The van der Waals surface area contributed by atoms with Crippen LogP contribution in [0.4, 0.5) is 16.4 Å². The van der Waals surface area contributed by atoms with Gasteiger partial charge in [-0.2, -0.15) is 14.6 Å². The lowest BCUT2D eigenvalue weighted by Crippen LogP contribution is -2.52. The summed E-state index contributed by atoms with van der Waals surface area (Å²) in [5.74, 6) is -12.5. The Hall–Kier alpha value is -10.4. The summed E-state index contributed by atoms with van der Waals surface area (Å²) in [6, 6.07) is 3.83. The lowest BCUT2D eigenvalue weighted by atomic mass is 9.78. The number of primary amides is 1. The Morgan fingerprint density at radius 2 is 1.65 bits per heavy atom. The Morgan fingerprint density at radius 1 is 0.935 bits per heavy atom. The average Bonchev–Trinajstić information content (AvgIpc) is 1.49. The number of carboxylic acids is 2. The molecule has 3 aromatic rings. The normalized spacial score (nSPS) is 20.3. The molecule has 14 N–H and O–H groups in total. The molecule has 3 saturated heterocycles. The van der Waals surface area contributed by atoms with Crippen LogP contribution in [0.5, 0.6) is 0 Å². The van der Waals surface area contributed by atoms with Gasteiger partial charge in [0.1, 0.15) is 12.4 Å². The first-order valence-electron chi connectivity index (χ1n) is 29.2. The number of likely N-dealkylation sites (tertiary alicyclic amines) is 1. The van der Waals surface area contributed by atoms with Crippen molar-refractivity contribution in [2.75, 3.05) is 56.7 Å². The number of H-pyrrole nitrogens is 1. The third-order valence-electron chi connectivity index (χ3n) is 16.5. The molecule has 35 heteroatoms. The summed E-state index contributed by atoms with van der Waals surface area (Å²) < 4.78 is 10.5. The number of guanidine groups is 1. The number of hydrogen-bond acceptors (Lipinski definition) is 25. The molecule has 0 radical (unpaired) electrons. The number of piperazine rings is 1. The number of imide groups is 1. The summed E-state index contributed by atoms with van der Waals surface area (Å²) in [6.45, 7) is 3.26. The molecule has 3 fully saturated rings. The first-order chi connectivity index (χ1) is 44.1. The largest absolute Gasteiger partial charge is 0.492 e. The monoisotopic (exact) mass is 1310 g/mol. The zero-order valence-electron chi connectivity index (χ0n) is 50.6. The summed E-state index contributed by atoms with van der Waals surface area (Å²) in [7, 11) is 1.26. The van der Waals surface area contributed by atoms with Crippen LogP contribution >= 0.6 is 11.8 Å². The van der Waals surface area contributed by atoms with Crippen LogP contribution < -0.4 is 44.4 Å². The number of fused-ring (bicyclic) bond motifs is 5. The summed E-state index contributed by atoms with van der Waals surface area (Å²) >= 11 is 0.807. The maximum Gasteiger partial charge on any atom is 0.404 e. The highest BCUT2D eigenvalue weighted by Crippen LogP contribution is 2.59. The van der Waals surface area contributed by atoms with Crippen molar-refractivity contribution in [3.63, 3.8) is 0 Å². The SMILES string of the molecule is COC1=C(C)C(=O)C2=C(C1=O)[C@H](COC(N)=O)[C@]1(C)[C@H]3[C@@H](CN21)N3C(=O)CCCN1C(=O)CC(SC[C@@H](CC(=O)[C@@H](CC(=O)O)NC(=O)[C@@H](CCCN=C(N)N)CC(=O)CCCNC(=O)c2ccc(NCc3cnc4nc(N)[nH]c(=O)c4n3)cc2)C(=O)O)C1=O.O=C=O. The molecule has 1 unspecified atom stereocenters. The maximum absolute atomic E-state index is 13.9. The summed E-state index contributed by atoms with van der Waals surface area (Å²) in [6.07, 6.45) is -1.58. The van der Waals surface area contributed by atoms with E-state index in [-0.39, 0.29) is 160 Å². The van der Waals surface area contributed by atoms with Gasteiger partial charge in [0, 0.05) is 98.3 Å². The molecule has 93 heavy (non-hydrogen) atoms. The van der Waals surface area contributed by atoms with Gasteiger partial charge in [-0.05, 0) is 63.8 Å². The summed E-state index contributed by atoms with van der Waals surface area (Å²) in [4.78, 5) is 210. The molecule has 1 aromatic carbocycles. The van der Waals surface area contributed by atoms with Crippen molar-refractivity contribution in [3.05, 3.63) is 74.7 Å². The van der Waals surface area contributed by atoms with Gasteiger partial charge in [0.05, 0.1) is 72.5 Å². The zero-order valence-corrected chi connectivity index (χ0v) is 51.4. The fourth-order valence-corrected chi connectivity index (χ4v) is 13.3. The number of ketones is 4. The van der Waals surface area contributed by atoms with Crippen molar-refractivity contribution in [3.8, 4) is 0 Å². The molecule has 0 bridgehead atoms. The highest BCUT2D eigenvalue weighted by molar-refractivity contribution is 8.00. The van der Waals surface area contributed by atoms with Gasteiger partial charge in [-0.1, -0.05) is 0 Å². The second-order valence-corrected chi connectivity index (χ2v) is 23.8. The number of Topliss-reactive ketones (excluding diaryl/α,β-unsaturated/α-hetero) is 4. The maximum atomic E-state index is 13.9. The molecule has 2 aromatic heterocycles. The minimum absolute atomic E-state index is 0.0133. The van der Waals surface area contributed by atoms with Crippen LogP contribution in [-0.4, -0.2) is 202 Å². The number of amides is 6. The molecule has 8 rings (SSSR count). The van der Waals surface area contributed by atoms with Crippen LogP contribution in [0.2, 0.25) is 0 Å². The fraction of sp³-hybridized carbons (Fsp3) is 0.483. The van der Waals surface area contributed by atoms with Gasteiger partial charge in [0.25, 0.3) is 11.5 Å². The number of nitrogens with zero attached hydrogens (tertiary/aromatic N) is 7. The Morgan fingerprint density at radius 3 is 2.30 bits per heavy atom. The van der Waals surface area contributed by atoms with Crippen molar-refractivity contribution < 1.29 is 86.8 Å². The molecule has 6 heterocycles. The smallest absolute Gasteiger partial charge is 0.404 e. The van der Waals surface area contributed by atoms with E-state index in [4.69, 9.17) is 42.0 Å². The number of aromatic nitrogens is 4. The number of hydrogen-bond donors (Lipinski definition) is 10. The van der Waals surface area contributed by atoms with E-state index < -0.39 is 124 Å². The number of nitrogens with one attached hydrogen (secondary N) is 4. The van der Waals surface area contributed by atoms with Crippen molar-refractivity contribution in [1.82, 2.24) is 45.3 Å². The predicted octanol–water partition coefficient (Wildman–Crippen LogP) is -1.57. The van der Waals surface area contributed by atoms with Crippen LogP contribution in [0.1, 0.15) is 94.1 Å². The number of carboxylic acid groups (broad SMARTS) is 2. The van der Waals surface area contributed by atoms with E-state index in [1.807, 2.05) is 0 Å². The van der Waals surface area contributed by atoms with E-state index in [1.54, 1.807) is 41.0 Å². The molecule has 34 nitrogen and oxygen atoms in total. The Bertz CT molecular complexity index is 3710. The standard InChI is InChI=1S/C57H69N15O17S.CO2/c1-26-44(79)43-41(45(80)46(26)88-3)33(24-89-56(61)87)57(2)47-35(23-71(43)57)72(47)38(75)9-6-16-70-39(76)20-37(52(70)84)90-25-29(53(85)86)18-36(74)34(19-40(77)78)67-50(82)28(7-4-15-63-54(58)59)17-32(73)8-5-14-62-49(81)27-10-12-30(13-11-27)64-21-31-22-65-48-42(66-31)51(83)69-55(60)68-48;2-1-3/h10-13,22,28-29,33-35,37,47,64H,4-9,14-21,23-25H2,1-3H3,(H2,61,87)(H,62,81)(H,67,82)(H,77,78)(H,85,86)(H4,58,59,63)(H3,60,65,68,69,83);/t28-,29+,33-,34+,35+,37?,47+,57+,72?;/m0./s1. The third-order valence-corrected chi connectivity index (χ3v) is 17.9. The number of nitrogen functional groups attached to an aromatic ring is 1. The minimum Gasteiger partial charge on any atom is -0.492 e. The number of aliphatic imine (C=N–C) groups is 1. The Labute approximate surface area is 532 Å². The molecule has 8 atom stereocenters. The number of nitrogens with two attached hydrogens (primary N) is 4. The molecule has 0 saturated carbocycles. The molecule has 5 aliphatic rings. The van der Waals surface area contributed by atoms with Crippen LogP contribution in [0.3, 0.4) is 0 Å². The van der Waals surface area contributed by atoms with Gasteiger partial charge >= 0.3 is 24.2 Å². The van der Waals surface area contributed by atoms with E-state index in [0.29, 0.717) is 16.9 Å². The molecule has 0 spiro atoms. The van der Waals surface area contributed by atoms with E-state index in [2.05, 4.69) is 40.9 Å². The molecule has 496 valence electrons. The van der Waals surface area contributed by atoms with Gasteiger partial charge in [-0.25, -0.2) is 14.8 Å². The van der Waals surface area contributed by atoms with Crippen LogP contribution in [0.15, 0.2) is 62.9 Å². The van der Waals surface area contributed by atoms with Gasteiger partial charge in [-0.15, -0.1) is 11.8 Å². The highest BCUT2D eigenvalue weighted by atomic mass is 32.2. The number of benzene rings is 1. The van der Waals surface area contributed by atoms with Gasteiger partial charge in [0.15, 0.2) is 28.7 Å². The van der Waals surface area contributed by atoms with Crippen molar-refractivity contribution in [2.45, 2.75) is 114 Å². The number of anilines is 2. The summed E-state index contributed by atoms with van der Waals surface area (Å²) in [5.41, 5.74) is 22.1. The van der Waals surface area contributed by atoms with Crippen LogP contribution in [0, 0.1) is 17.8 Å². The van der Waals surface area contributed by atoms with E-state index in [0.717, 1.165) is 16.7 Å². The number of methoxy groups -OCH3 is 1. The van der Waals surface area contributed by atoms with E-state index in [1.165, 1.54) is 20.2 Å². The lowest BCUT2D eigenvalue weighted by Gasteiger charge is -2.39. The second kappa shape index (κ2) is 30.6. The molecule has 6 amide bonds. The quantitative estimate of drug-likeness (QED) is 0.00843. The van der Waals surface area contributed by atoms with E-state index >= 15 is 0 Å². The van der Waals surface area contributed by atoms with Gasteiger partial charge in [0.2, 0.25) is 41.1 Å². The first kappa shape index (κ1) is 70.0. The number of thioether (sulfide) groups is 1. The van der Waals surface area contributed by atoms with E-state index in [9.17, 15) is 72.5 Å². The van der Waals surface area contributed by atoms with Crippen molar-refractivity contribution in [1.29, 1.82) is 0 Å². The van der Waals surface area contributed by atoms with Crippen LogP contribution in [0.25, 0.3) is 11.2 Å². The van der Waals surface area contributed by atoms with Gasteiger partial charge < -0.3 is 68.4 Å². The number of carbonyl (C=O) groups is 12. The highest BCUT2D eigenvalue weighted by Gasteiger charge is 2.74. The predicted molar refractivity (Wildman–Crippen MR) is 323 cm³/mol. The number of aliphatic carboxylic acids is 2. The zero-order chi connectivity index (χ0) is 68.2. The second-order valence-electron chi connectivity index (χ2n) is 22.5. The molecular weight excluding hydrogens is 1240 g/mol. The number of rotatable bonds is 32. The third kappa shape index (κ3) is 16.4. The molecule has 1 aliphatic carbocycles. The lowest BCUT2D eigenvalue weighted by molar-refractivity contribution is -0.192. The first-order valence-corrected chi connectivity index (χ1v) is 30.2.